The lowest BCUT2D eigenvalue weighted by Crippen LogP contribution is -2.38. The minimum Gasteiger partial charge on any atom is -0.366 e. The highest BCUT2D eigenvalue weighted by atomic mass is 16.2. The zero-order valence-electron chi connectivity index (χ0n) is 13.7. The molecule has 0 saturated carbocycles. The third-order valence-electron chi connectivity index (χ3n) is 5.21. The van der Waals surface area contributed by atoms with E-state index in [-0.39, 0.29) is 17.0 Å². The van der Waals surface area contributed by atoms with Crippen LogP contribution in [0.15, 0.2) is 47.3 Å². The molecule has 1 aromatic heterocycles. The van der Waals surface area contributed by atoms with Crippen molar-refractivity contribution in [3.63, 3.8) is 0 Å². The molecule has 2 aliphatic rings. The molecule has 0 spiro atoms. The fourth-order valence-corrected chi connectivity index (χ4v) is 3.98. The van der Waals surface area contributed by atoms with Gasteiger partial charge in [-0.25, -0.2) is 0 Å². The van der Waals surface area contributed by atoms with E-state index in [1.807, 2.05) is 30.0 Å². The number of hydrogen-bond donors (Lipinski definition) is 1. The molecule has 1 N–H and O–H groups in total. The summed E-state index contributed by atoms with van der Waals surface area (Å²) in [7, 11) is 0. The number of benzene rings is 1. The second-order valence-electron chi connectivity index (χ2n) is 6.74. The predicted molar refractivity (Wildman–Crippen MR) is 93.4 cm³/mol. The molecule has 0 bridgehead atoms. The van der Waals surface area contributed by atoms with E-state index in [9.17, 15) is 9.59 Å². The van der Waals surface area contributed by atoms with Gasteiger partial charge in [-0.05, 0) is 37.6 Å². The summed E-state index contributed by atoms with van der Waals surface area (Å²) >= 11 is 0. The molecule has 0 unspecified atom stereocenters. The van der Waals surface area contributed by atoms with Crippen LogP contribution in [0.1, 0.15) is 22.5 Å². The summed E-state index contributed by atoms with van der Waals surface area (Å²) in [6.45, 7) is 4.27. The lowest BCUT2D eigenvalue weighted by atomic mass is 10.1. The van der Waals surface area contributed by atoms with Crippen molar-refractivity contribution in [3.05, 3.63) is 64.1 Å². The molecule has 5 heteroatoms. The summed E-state index contributed by atoms with van der Waals surface area (Å²) in [5.74, 6) is 0.331. The van der Waals surface area contributed by atoms with Crippen LogP contribution in [0, 0.1) is 12.8 Å². The minimum atomic E-state index is -0.294. The van der Waals surface area contributed by atoms with Crippen LogP contribution in [0.3, 0.4) is 0 Å². The average Bonchev–Trinajstić information content (AvgIpc) is 3.15. The second-order valence-corrected chi connectivity index (χ2v) is 6.74. The van der Waals surface area contributed by atoms with Gasteiger partial charge in [-0.2, -0.15) is 0 Å². The Morgan fingerprint density at radius 3 is 2.67 bits per heavy atom. The molecule has 5 nitrogen and oxygen atoms in total. The van der Waals surface area contributed by atoms with E-state index in [1.54, 1.807) is 12.1 Å². The standard InChI is InChI=1S/C19H21N3O2/c1-13-7-8-16(18(23)20-13)19(24)21-11-14-9-10-22(17(14)12-21)15-5-3-2-4-6-15/h2-8,14,17H,9-12H2,1H3,(H,20,23)/t14-,17+/m0/s1. The van der Waals surface area contributed by atoms with Crippen LogP contribution < -0.4 is 10.5 Å². The number of hydrogen-bond acceptors (Lipinski definition) is 3. The van der Waals surface area contributed by atoms with Gasteiger partial charge in [0.2, 0.25) is 0 Å². The molecule has 2 fully saturated rings. The summed E-state index contributed by atoms with van der Waals surface area (Å²) in [6.07, 6.45) is 1.09. The molecule has 2 atom stereocenters. The van der Waals surface area contributed by atoms with Crippen molar-refractivity contribution in [2.75, 3.05) is 24.5 Å². The van der Waals surface area contributed by atoms with E-state index in [1.165, 1.54) is 5.69 Å². The first-order chi connectivity index (χ1) is 11.6. The maximum atomic E-state index is 12.7. The van der Waals surface area contributed by atoms with Crippen LogP contribution in [0.5, 0.6) is 0 Å². The molecule has 124 valence electrons. The summed E-state index contributed by atoms with van der Waals surface area (Å²) in [5, 5.41) is 0. The van der Waals surface area contributed by atoms with Crippen LogP contribution in [0.25, 0.3) is 0 Å². The Morgan fingerprint density at radius 2 is 1.92 bits per heavy atom. The van der Waals surface area contributed by atoms with Gasteiger partial charge in [0.1, 0.15) is 5.56 Å². The summed E-state index contributed by atoms with van der Waals surface area (Å²) < 4.78 is 0. The third kappa shape index (κ3) is 2.50. The smallest absolute Gasteiger partial charge is 0.260 e. The molecular weight excluding hydrogens is 302 g/mol. The second kappa shape index (κ2) is 5.82. The Kier molecular flexibility index (Phi) is 3.63. The molecule has 0 aliphatic carbocycles. The first kappa shape index (κ1) is 15.0. The van der Waals surface area contributed by atoms with E-state index in [4.69, 9.17) is 0 Å². The fraction of sp³-hybridized carbons (Fsp3) is 0.368. The quantitative estimate of drug-likeness (QED) is 0.920. The maximum Gasteiger partial charge on any atom is 0.260 e. The number of fused-ring (bicyclic) bond motifs is 1. The molecule has 3 heterocycles. The predicted octanol–water partition coefficient (Wildman–Crippen LogP) is 2.03. The van der Waals surface area contributed by atoms with E-state index in [0.717, 1.165) is 25.2 Å². The number of aromatic nitrogens is 1. The number of rotatable bonds is 2. The molecule has 24 heavy (non-hydrogen) atoms. The van der Waals surface area contributed by atoms with Crippen LogP contribution in [0.2, 0.25) is 0 Å². The van der Waals surface area contributed by atoms with Gasteiger partial charge in [-0.1, -0.05) is 18.2 Å². The summed E-state index contributed by atoms with van der Waals surface area (Å²) in [6, 6.07) is 14.1. The van der Waals surface area contributed by atoms with Crippen molar-refractivity contribution in [2.45, 2.75) is 19.4 Å². The highest BCUT2D eigenvalue weighted by molar-refractivity contribution is 5.94. The van der Waals surface area contributed by atoms with Crippen molar-refractivity contribution >= 4 is 11.6 Å². The van der Waals surface area contributed by atoms with E-state index < -0.39 is 0 Å². The summed E-state index contributed by atoms with van der Waals surface area (Å²) in [5.41, 5.74) is 1.93. The van der Waals surface area contributed by atoms with Crippen molar-refractivity contribution in [1.82, 2.24) is 9.88 Å². The Hall–Kier alpha value is -2.56. The Morgan fingerprint density at radius 1 is 1.12 bits per heavy atom. The molecular formula is C19H21N3O2. The van der Waals surface area contributed by atoms with Gasteiger partial charge in [-0.15, -0.1) is 0 Å². The van der Waals surface area contributed by atoms with E-state index in [2.05, 4.69) is 22.0 Å². The van der Waals surface area contributed by atoms with Crippen LogP contribution in [0.4, 0.5) is 5.69 Å². The summed E-state index contributed by atoms with van der Waals surface area (Å²) in [4.78, 5) is 31.8. The topological polar surface area (TPSA) is 56.4 Å². The van der Waals surface area contributed by atoms with Crippen LogP contribution >= 0.6 is 0 Å². The number of likely N-dealkylation sites (tertiary alicyclic amines) is 1. The normalized spacial score (nSPS) is 22.7. The Labute approximate surface area is 140 Å². The number of carbonyl (C=O) groups is 1. The number of H-pyrrole nitrogens is 1. The average molecular weight is 323 g/mol. The first-order valence-electron chi connectivity index (χ1n) is 8.44. The highest BCUT2D eigenvalue weighted by Gasteiger charge is 2.43. The molecule has 1 aromatic carbocycles. The number of para-hydroxylation sites is 1. The van der Waals surface area contributed by atoms with Crippen molar-refractivity contribution in [2.24, 2.45) is 5.92 Å². The van der Waals surface area contributed by atoms with Crippen LogP contribution in [-0.4, -0.2) is 41.5 Å². The SMILES string of the molecule is Cc1ccc(C(=O)N2C[C@@H]3CCN(c4ccccc4)[C@@H]3C2)c(=O)[nH]1. The number of anilines is 1. The van der Waals surface area contributed by atoms with Gasteiger partial charge in [0.25, 0.3) is 11.5 Å². The van der Waals surface area contributed by atoms with Crippen LogP contribution in [-0.2, 0) is 0 Å². The van der Waals surface area contributed by atoms with E-state index in [0.29, 0.717) is 18.5 Å². The lowest BCUT2D eigenvalue weighted by Gasteiger charge is -2.26. The van der Waals surface area contributed by atoms with Gasteiger partial charge < -0.3 is 14.8 Å². The number of carbonyl (C=O) groups excluding carboxylic acids is 1. The van der Waals surface area contributed by atoms with Gasteiger partial charge in [0.15, 0.2) is 0 Å². The number of aromatic amines is 1. The minimum absolute atomic E-state index is 0.154. The number of pyridine rings is 1. The highest BCUT2D eigenvalue weighted by Crippen LogP contribution is 2.35. The zero-order valence-corrected chi connectivity index (χ0v) is 13.7. The fourth-order valence-electron chi connectivity index (χ4n) is 3.98. The van der Waals surface area contributed by atoms with Gasteiger partial charge >= 0.3 is 0 Å². The molecule has 0 radical (unpaired) electrons. The first-order valence-corrected chi connectivity index (χ1v) is 8.44. The number of nitrogens with zero attached hydrogens (tertiary/aromatic N) is 2. The van der Waals surface area contributed by atoms with Crippen molar-refractivity contribution in [1.29, 1.82) is 0 Å². The molecule has 2 aromatic rings. The van der Waals surface area contributed by atoms with Crippen molar-refractivity contribution in [3.8, 4) is 0 Å². The Balaban J connectivity index is 1.54. The number of aryl methyl sites for hydroxylation is 1. The third-order valence-corrected chi connectivity index (χ3v) is 5.21. The number of nitrogens with one attached hydrogen (secondary N) is 1. The zero-order chi connectivity index (χ0) is 16.7. The number of amides is 1. The Bertz CT molecular complexity index is 815. The van der Waals surface area contributed by atoms with Gasteiger partial charge in [-0.3, -0.25) is 9.59 Å². The molecule has 2 saturated heterocycles. The van der Waals surface area contributed by atoms with E-state index >= 15 is 0 Å². The lowest BCUT2D eigenvalue weighted by molar-refractivity contribution is 0.0782. The molecule has 2 aliphatic heterocycles. The van der Waals surface area contributed by atoms with Crippen molar-refractivity contribution < 1.29 is 4.79 Å². The monoisotopic (exact) mass is 323 g/mol. The van der Waals surface area contributed by atoms with Gasteiger partial charge in [0, 0.05) is 36.9 Å². The largest absolute Gasteiger partial charge is 0.366 e. The maximum absolute atomic E-state index is 12.7. The van der Waals surface area contributed by atoms with Gasteiger partial charge in [0.05, 0.1) is 6.04 Å². The molecule has 4 rings (SSSR count). The molecule has 1 amide bonds.